The van der Waals surface area contributed by atoms with E-state index in [0.717, 1.165) is 53.0 Å². The lowest BCUT2D eigenvalue weighted by atomic mass is 9.93. The average molecular weight is 464 g/mol. The van der Waals surface area contributed by atoms with Crippen molar-refractivity contribution < 1.29 is 13.9 Å². The zero-order valence-electron chi connectivity index (χ0n) is 20.4. The van der Waals surface area contributed by atoms with E-state index >= 15 is 0 Å². The van der Waals surface area contributed by atoms with Crippen LogP contribution >= 0.6 is 0 Å². The molecule has 4 heteroatoms. The van der Waals surface area contributed by atoms with Crippen LogP contribution in [-0.4, -0.2) is 11.0 Å². The Morgan fingerprint density at radius 1 is 0.971 bits per heavy atom. The number of aryl methyl sites for hydroxylation is 2. The number of esters is 1. The number of aromatic nitrogens is 1. The largest absolute Gasteiger partial charge is 0.436 e. The number of carbonyl (C=O) groups excluding carboxylic acids is 1. The van der Waals surface area contributed by atoms with Crippen LogP contribution in [0.5, 0.6) is 5.75 Å². The predicted molar refractivity (Wildman–Crippen MR) is 139 cm³/mol. The summed E-state index contributed by atoms with van der Waals surface area (Å²) < 4.78 is 11.8. The van der Waals surface area contributed by atoms with Gasteiger partial charge in [-0.3, -0.25) is 4.79 Å². The van der Waals surface area contributed by atoms with E-state index in [1.165, 1.54) is 18.1 Å². The van der Waals surface area contributed by atoms with Gasteiger partial charge in [-0.25, -0.2) is 4.98 Å². The summed E-state index contributed by atoms with van der Waals surface area (Å²) in [6, 6.07) is 24.6. The fourth-order valence-electron chi connectivity index (χ4n) is 4.67. The number of allylic oxidation sites excluding steroid dienone is 2. The molecule has 1 atom stereocenters. The summed E-state index contributed by atoms with van der Waals surface area (Å²) in [7, 11) is 0. The van der Waals surface area contributed by atoms with Crippen molar-refractivity contribution in [1.29, 1.82) is 0 Å². The zero-order chi connectivity index (χ0) is 24.4. The molecule has 4 aromatic rings. The second-order valence-electron chi connectivity index (χ2n) is 9.31. The third-order valence-corrected chi connectivity index (χ3v) is 6.47. The molecule has 4 nitrogen and oxygen atoms in total. The Hall–Kier alpha value is -3.92. The number of ether oxygens (including phenoxy) is 1. The molecule has 1 unspecified atom stereocenters. The van der Waals surface area contributed by atoms with Gasteiger partial charge in [-0.05, 0) is 56.7 Å². The van der Waals surface area contributed by atoms with Gasteiger partial charge in [0.1, 0.15) is 11.4 Å². The van der Waals surface area contributed by atoms with Crippen LogP contribution in [0.3, 0.4) is 0 Å². The van der Waals surface area contributed by atoms with Crippen molar-refractivity contribution in [3.05, 3.63) is 101 Å². The minimum atomic E-state index is -0.310. The monoisotopic (exact) mass is 463 g/mol. The molecule has 1 aliphatic carbocycles. The topological polar surface area (TPSA) is 52.3 Å². The van der Waals surface area contributed by atoms with Gasteiger partial charge in [0.15, 0.2) is 5.76 Å². The van der Waals surface area contributed by atoms with E-state index < -0.39 is 0 Å². The predicted octanol–water partition coefficient (Wildman–Crippen LogP) is 7.59. The molecule has 1 aliphatic rings. The number of oxazole rings is 1. The quantitative estimate of drug-likeness (QED) is 0.218. The Morgan fingerprint density at radius 3 is 2.34 bits per heavy atom. The second kappa shape index (κ2) is 9.75. The lowest BCUT2D eigenvalue weighted by molar-refractivity contribution is -0.131. The smallest absolute Gasteiger partial charge is 0.308 e. The molecule has 0 aliphatic heterocycles. The van der Waals surface area contributed by atoms with Gasteiger partial charge in [-0.15, -0.1) is 0 Å². The number of hydrogen-bond acceptors (Lipinski definition) is 4. The van der Waals surface area contributed by atoms with Crippen LogP contribution in [0.4, 0.5) is 0 Å². The summed E-state index contributed by atoms with van der Waals surface area (Å²) in [6.07, 6.45) is 5.12. The average Bonchev–Trinajstić information content (AvgIpc) is 3.47. The number of benzene rings is 3. The molecule has 176 valence electrons. The number of hydrogen-bond donors (Lipinski definition) is 0. The fraction of sp³-hybridized carbons (Fsp3) is 0.226. The van der Waals surface area contributed by atoms with E-state index in [1.54, 1.807) is 0 Å². The first-order valence-corrected chi connectivity index (χ1v) is 12.1. The van der Waals surface area contributed by atoms with Crippen LogP contribution in [0.1, 0.15) is 42.3 Å². The van der Waals surface area contributed by atoms with Crippen molar-refractivity contribution in [3.63, 3.8) is 0 Å². The van der Waals surface area contributed by atoms with Crippen LogP contribution < -0.4 is 4.74 Å². The summed E-state index contributed by atoms with van der Waals surface area (Å²) in [6.45, 7) is 5.59. The molecule has 0 radical (unpaired) electrons. The van der Waals surface area contributed by atoms with Crippen molar-refractivity contribution in [2.45, 2.75) is 40.0 Å². The van der Waals surface area contributed by atoms with Crippen molar-refractivity contribution in [1.82, 2.24) is 4.98 Å². The highest BCUT2D eigenvalue weighted by atomic mass is 16.5. The van der Waals surface area contributed by atoms with Gasteiger partial charge in [0.05, 0.1) is 0 Å². The highest BCUT2D eigenvalue weighted by Gasteiger charge is 2.27. The van der Waals surface area contributed by atoms with Crippen LogP contribution in [0.15, 0.2) is 83.3 Å². The maximum Gasteiger partial charge on any atom is 0.308 e. The van der Waals surface area contributed by atoms with Gasteiger partial charge in [0, 0.05) is 23.6 Å². The third-order valence-electron chi connectivity index (χ3n) is 6.47. The minimum Gasteiger partial charge on any atom is -0.436 e. The van der Waals surface area contributed by atoms with Crippen molar-refractivity contribution in [2.75, 3.05) is 0 Å². The highest BCUT2D eigenvalue weighted by Crippen LogP contribution is 2.41. The van der Waals surface area contributed by atoms with Gasteiger partial charge >= 0.3 is 5.97 Å². The Morgan fingerprint density at radius 2 is 1.66 bits per heavy atom. The molecule has 0 fully saturated rings. The molecule has 5 rings (SSSR count). The van der Waals surface area contributed by atoms with E-state index in [1.807, 2.05) is 18.2 Å². The summed E-state index contributed by atoms with van der Waals surface area (Å²) in [5.74, 6) is 2.05. The maximum atomic E-state index is 11.4. The van der Waals surface area contributed by atoms with E-state index in [9.17, 15) is 4.79 Å². The van der Waals surface area contributed by atoms with Gasteiger partial charge < -0.3 is 9.15 Å². The molecule has 1 aromatic heterocycles. The molecule has 3 aromatic carbocycles. The van der Waals surface area contributed by atoms with Crippen LogP contribution in [0.25, 0.3) is 28.2 Å². The fourth-order valence-corrected chi connectivity index (χ4v) is 4.67. The van der Waals surface area contributed by atoms with E-state index in [-0.39, 0.29) is 11.9 Å². The van der Waals surface area contributed by atoms with Crippen LogP contribution in [-0.2, 0) is 11.2 Å². The standard InChI is InChI=1S/C31H29NO3/c1-20-10-14-24(15-11-20)29-30(25-16-12-21(2)13-17-25)35-31(32-29)28-9-5-7-26(28)18-23-6-4-8-27(19-23)34-22(3)33/h4,6,8-17,19,26H,5,7,18H2,1-3H3. The Kier molecular flexibility index (Phi) is 6.37. The summed E-state index contributed by atoms with van der Waals surface area (Å²) >= 11 is 0. The number of carbonyl (C=O) groups is 1. The van der Waals surface area contributed by atoms with E-state index in [2.05, 4.69) is 74.5 Å². The minimum absolute atomic E-state index is 0.290. The van der Waals surface area contributed by atoms with E-state index in [4.69, 9.17) is 14.1 Å². The summed E-state index contributed by atoms with van der Waals surface area (Å²) in [5, 5.41) is 0. The van der Waals surface area contributed by atoms with E-state index in [0.29, 0.717) is 11.6 Å². The number of rotatable bonds is 6. The maximum absolute atomic E-state index is 11.4. The Balaban J connectivity index is 1.49. The molecule has 0 saturated heterocycles. The van der Waals surface area contributed by atoms with Gasteiger partial charge in [0.2, 0.25) is 5.89 Å². The third kappa shape index (κ3) is 5.12. The molecule has 0 amide bonds. The van der Waals surface area contributed by atoms with Gasteiger partial charge in [-0.2, -0.15) is 0 Å². The Labute approximate surface area is 206 Å². The zero-order valence-corrected chi connectivity index (χ0v) is 20.4. The normalized spacial score (nSPS) is 15.2. The molecular formula is C31H29NO3. The van der Waals surface area contributed by atoms with Gasteiger partial charge in [0.25, 0.3) is 0 Å². The van der Waals surface area contributed by atoms with Crippen molar-refractivity contribution in [3.8, 4) is 28.3 Å². The SMILES string of the molecule is CC(=O)Oc1cccc(CC2CCC=C2c2nc(-c3ccc(C)cc3)c(-c3ccc(C)cc3)o2)c1. The lowest BCUT2D eigenvalue weighted by Crippen LogP contribution is -2.05. The second-order valence-corrected chi connectivity index (χ2v) is 9.31. The summed E-state index contributed by atoms with van der Waals surface area (Å²) in [5.41, 5.74) is 7.64. The first-order valence-electron chi connectivity index (χ1n) is 12.1. The summed E-state index contributed by atoms with van der Waals surface area (Å²) in [4.78, 5) is 16.4. The molecule has 0 bridgehead atoms. The van der Waals surface area contributed by atoms with Crippen molar-refractivity contribution in [2.24, 2.45) is 5.92 Å². The van der Waals surface area contributed by atoms with Crippen LogP contribution in [0, 0.1) is 19.8 Å². The number of nitrogens with zero attached hydrogens (tertiary/aromatic N) is 1. The molecule has 35 heavy (non-hydrogen) atoms. The molecule has 0 saturated carbocycles. The van der Waals surface area contributed by atoms with Crippen LogP contribution in [0.2, 0.25) is 0 Å². The highest BCUT2D eigenvalue weighted by molar-refractivity contribution is 5.79. The van der Waals surface area contributed by atoms with Gasteiger partial charge in [-0.1, -0.05) is 77.9 Å². The molecule has 0 spiro atoms. The first kappa shape index (κ1) is 22.9. The Bertz CT molecular complexity index is 1310. The van der Waals surface area contributed by atoms with Crippen molar-refractivity contribution >= 4 is 11.5 Å². The molecular weight excluding hydrogens is 434 g/mol. The lowest BCUT2D eigenvalue weighted by Gasteiger charge is -2.13. The first-order chi connectivity index (χ1) is 17.0. The molecule has 1 heterocycles. The molecule has 0 N–H and O–H groups in total.